The Balaban J connectivity index is 2.50. The molecule has 0 N–H and O–H groups in total. The molecule has 144 valence electrons. The summed E-state index contributed by atoms with van der Waals surface area (Å²) in [6.07, 6.45) is 6.05. The Hall–Kier alpha value is -0.413. The predicted molar refractivity (Wildman–Crippen MR) is 109 cm³/mol. The van der Waals surface area contributed by atoms with Crippen LogP contribution < -0.4 is 0 Å². The molecule has 2 saturated carbocycles. The molecular weight excluding hydrogens is 324 g/mol. The lowest BCUT2D eigenvalue weighted by Crippen LogP contribution is -2.48. The molecule has 0 aromatic rings. The molecule has 2 rings (SSSR count). The van der Waals surface area contributed by atoms with Crippen molar-refractivity contribution in [2.75, 3.05) is 0 Å². The molecule has 3 heteroatoms. The second kappa shape index (κ2) is 6.05. The minimum absolute atomic E-state index is 0.000856. The zero-order valence-corrected chi connectivity index (χ0v) is 19.1. The fourth-order valence-corrected chi connectivity index (χ4v) is 6.71. The average molecular weight is 365 g/mol. The standard InChI is InChI=1S/C22H40O2Si/c1-11-14-21(7)18(23)17-16(24-25(9,10)19(2,3)4)13-12-15-22(21,8)20(17,5)6/h11,16-17H,1,12-15H2,2-10H3/t16-,17-,21-,22-/m1/s1. The van der Waals surface area contributed by atoms with Gasteiger partial charge in [-0.05, 0) is 48.2 Å². The van der Waals surface area contributed by atoms with Gasteiger partial charge in [0.1, 0.15) is 5.78 Å². The van der Waals surface area contributed by atoms with Gasteiger partial charge < -0.3 is 4.43 Å². The van der Waals surface area contributed by atoms with Crippen LogP contribution in [-0.4, -0.2) is 20.2 Å². The van der Waals surface area contributed by atoms with Crippen LogP contribution >= 0.6 is 0 Å². The molecule has 2 aliphatic carbocycles. The zero-order valence-electron chi connectivity index (χ0n) is 18.1. The monoisotopic (exact) mass is 364 g/mol. The lowest BCUT2D eigenvalue weighted by atomic mass is 9.56. The molecule has 25 heavy (non-hydrogen) atoms. The van der Waals surface area contributed by atoms with Crippen molar-refractivity contribution in [3.8, 4) is 0 Å². The van der Waals surface area contributed by atoms with Gasteiger partial charge in [0.2, 0.25) is 0 Å². The molecule has 0 heterocycles. The van der Waals surface area contributed by atoms with Crippen molar-refractivity contribution < 1.29 is 9.22 Å². The van der Waals surface area contributed by atoms with Gasteiger partial charge >= 0.3 is 0 Å². The fraction of sp³-hybridized carbons (Fsp3) is 0.864. The topological polar surface area (TPSA) is 26.3 Å². The van der Waals surface area contributed by atoms with Crippen molar-refractivity contribution >= 4 is 14.1 Å². The maximum Gasteiger partial charge on any atom is 0.192 e. The highest BCUT2D eigenvalue weighted by Gasteiger charge is 2.70. The molecule has 0 radical (unpaired) electrons. The molecular formula is C22H40O2Si. The summed E-state index contributed by atoms with van der Waals surface area (Å²) in [6, 6.07) is 0. The molecule has 0 aliphatic heterocycles. The number of Topliss-reactive ketones (excluding diaryl/α,β-unsaturated/α-hetero) is 1. The van der Waals surface area contributed by atoms with Crippen LogP contribution in [0.3, 0.4) is 0 Å². The van der Waals surface area contributed by atoms with Gasteiger partial charge in [-0.2, -0.15) is 0 Å². The highest BCUT2D eigenvalue weighted by Crippen LogP contribution is 2.69. The lowest BCUT2D eigenvalue weighted by molar-refractivity contribution is -0.134. The quantitative estimate of drug-likeness (QED) is 0.427. The number of carbonyl (C=O) groups is 1. The van der Waals surface area contributed by atoms with Crippen molar-refractivity contribution in [2.45, 2.75) is 98.4 Å². The van der Waals surface area contributed by atoms with E-state index in [0.29, 0.717) is 5.78 Å². The minimum atomic E-state index is -1.91. The highest BCUT2D eigenvalue weighted by molar-refractivity contribution is 6.74. The second-order valence-electron chi connectivity index (χ2n) is 11.0. The first-order valence-electron chi connectivity index (χ1n) is 9.99. The molecule has 2 aliphatic rings. The Bertz CT molecular complexity index is 557. The van der Waals surface area contributed by atoms with E-state index < -0.39 is 8.32 Å². The lowest BCUT2D eigenvalue weighted by Gasteiger charge is -2.47. The van der Waals surface area contributed by atoms with Gasteiger partial charge in [-0.3, -0.25) is 4.79 Å². The SMILES string of the molecule is C=CC[C@]1(C)C(=O)[C@H]2[C@H](O[Si](C)(C)C(C)(C)C)CCC[C@]1(C)C2(C)C. The third kappa shape index (κ3) is 2.81. The summed E-state index contributed by atoms with van der Waals surface area (Å²) in [5.74, 6) is 0.419. The summed E-state index contributed by atoms with van der Waals surface area (Å²) in [5.41, 5.74) is -0.370. The Kier molecular flexibility index (Phi) is 5.06. The summed E-state index contributed by atoms with van der Waals surface area (Å²) >= 11 is 0. The van der Waals surface area contributed by atoms with Gasteiger partial charge in [0, 0.05) is 11.3 Å². The number of fused-ring (bicyclic) bond motifs is 2. The number of carbonyl (C=O) groups excluding carboxylic acids is 1. The van der Waals surface area contributed by atoms with Crippen molar-refractivity contribution in [3.63, 3.8) is 0 Å². The van der Waals surface area contributed by atoms with Crippen LogP contribution in [0.2, 0.25) is 18.1 Å². The van der Waals surface area contributed by atoms with E-state index in [0.717, 1.165) is 25.7 Å². The van der Waals surface area contributed by atoms with Gasteiger partial charge in [0.05, 0.1) is 6.10 Å². The first-order chi connectivity index (χ1) is 11.2. The Morgan fingerprint density at radius 1 is 1.24 bits per heavy atom. The van der Waals surface area contributed by atoms with Gasteiger partial charge in [-0.1, -0.05) is 61.0 Å². The summed E-state index contributed by atoms with van der Waals surface area (Å²) in [4.78, 5) is 13.7. The second-order valence-corrected chi connectivity index (χ2v) is 15.8. The first-order valence-corrected chi connectivity index (χ1v) is 12.9. The third-order valence-corrected chi connectivity index (χ3v) is 13.1. The maximum absolute atomic E-state index is 13.7. The summed E-state index contributed by atoms with van der Waals surface area (Å²) < 4.78 is 6.87. The van der Waals surface area contributed by atoms with E-state index in [1.165, 1.54) is 0 Å². The van der Waals surface area contributed by atoms with Gasteiger partial charge in [-0.15, -0.1) is 6.58 Å². The number of hydrogen-bond acceptors (Lipinski definition) is 2. The van der Waals surface area contributed by atoms with E-state index in [9.17, 15) is 4.79 Å². The molecule has 0 unspecified atom stereocenters. The maximum atomic E-state index is 13.7. The molecule has 2 nitrogen and oxygen atoms in total. The van der Waals surface area contributed by atoms with Crippen LogP contribution in [0.25, 0.3) is 0 Å². The van der Waals surface area contributed by atoms with E-state index in [2.05, 4.69) is 68.1 Å². The molecule has 4 atom stereocenters. The molecule has 0 spiro atoms. The fourth-order valence-electron chi connectivity index (χ4n) is 5.35. The molecule has 0 aromatic heterocycles. The van der Waals surface area contributed by atoms with Gasteiger partial charge in [-0.25, -0.2) is 0 Å². The normalized spacial score (nSPS) is 38.5. The van der Waals surface area contributed by atoms with E-state index in [1.807, 2.05) is 6.08 Å². The van der Waals surface area contributed by atoms with Crippen LogP contribution in [0.4, 0.5) is 0 Å². The summed E-state index contributed by atoms with van der Waals surface area (Å²) in [7, 11) is -1.91. The minimum Gasteiger partial charge on any atom is -0.413 e. The first kappa shape index (κ1) is 20.9. The van der Waals surface area contributed by atoms with Crippen molar-refractivity contribution in [3.05, 3.63) is 12.7 Å². The molecule has 2 bridgehead atoms. The molecule has 0 aromatic carbocycles. The number of hydrogen-bond donors (Lipinski definition) is 0. The van der Waals surface area contributed by atoms with Crippen LogP contribution in [0.15, 0.2) is 12.7 Å². The van der Waals surface area contributed by atoms with Crippen LogP contribution in [0.5, 0.6) is 0 Å². The van der Waals surface area contributed by atoms with E-state index >= 15 is 0 Å². The molecule has 0 saturated heterocycles. The van der Waals surface area contributed by atoms with Crippen molar-refractivity contribution in [2.24, 2.45) is 22.2 Å². The average Bonchev–Trinajstić information content (AvgIpc) is 2.50. The third-order valence-electron chi connectivity index (χ3n) is 8.59. The zero-order chi connectivity index (χ0) is 19.5. The smallest absolute Gasteiger partial charge is 0.192 e. The van der Waals surface area contributed by atoms with E-state index in [-0.39, 0.29) is 33.3 Å². The molecule has 0 amide bonds. The van der Waals surface area contributed by atoms with Crippen molar-refractivity contribution in [1.82, 2.24) is 0 Å². The summed E-state index contributed by atoms with van der Waals surface area (Å²) in [5, 5.41) is 0.165. The predicted octanol–water partition coefficient (Wildman–Crippen LogP) is 6.37. The van der Waals surface area contributed by atoms with Crippen molar-refractivity contribution in [1.29, 1.82) is 0 Å². The Morgan fingerprint density at radius 2 is 1.80 bits per heavy atom. The van der Waals surface area contributed by atoms with Crippen LogP contribution in [0.1, 0.15) is 74.1 Å². The number of ketones is 1. The highest BCUT2D eigenvalue weighted by atomic mass is 28.4. The number of allylic oxidation sites excluding steroid dienone is 1. The van der Waals surface area contributed by atoms with Gasteiger partial charge in [0.25, 0.3) is 0 Å². The molecule has 2 fully saturated rings. The van der Waals surface area contributed by atoms with Crippen LogP contribution in [0, 0.1) is 22.2 Å². The summed E-state index contributed by atoms with van der Waals surface area (Å²) in [6.45, 7) is 24.6. The Labute approximate surface area is 156 Å². The Morgan fingerprint density at radius 3 is 2.28 bits per heavy atom. The van der Waals surface area contributed by atoms with Gasteiger partial charge in [0.15, 0.2) is 8.32 Å². The van der Waals surface area contributed by atoms with Crippen LogP contribution in [-0.2, 0) is 9.22 Å². The van der Waals surface area contributed by atoms with E-state index in [1.54, 1.807) is 0 Å². The number of rotatable bonds is 4. The van der Waals surface area contributed by atoms with E-state index in [4.69, 9.17) is 4.43 Å². The largest absolute Gasteiger partial charge is 0.413 e.